The minimum absolute atomic E-state index is 0.0244. The lowest BCUT2D eigenvalue weighted by atomic mass is 10.1. The van der Waals surface area contributed by atoms with E-state index in [2.05, 4.69) is 5.32 Å². The third-order valence-electron chi connectivity index (χ3n) is 2.95. The van der Waals surface area contributed by atoms with E-state index in [9.17, 15) is 9.59 Å². The van der Waals surface area contributed by atoms with E-state index in [4.69, 9.17) is 11.5 Å². The van der Waals surface area contributed by atoms with Gasteiger partial charge in [0.25, 0.3) is 5.91 Å². The fourth-order valence-corrected chi connectivity index (χ4v) is 1.62. The maximum absolute atomic E-state index is 11.8. The first kappa shape index (κ1) is 15.3. The van der Waals surface area contributed by atoms with Crippen LogP contribution in [0, 0.1) is 0 Å². The molecule has 0 aliphatic heterocycles. The number of nitrogens with two attached hydrogens (primary N) is 2. The third kappa shape index (κ3) is 5.19. The van der Waals surface area contributed by atoms with Crippen molar-refractivity contribution < 1.29 is 9.59 Å². The lowest BCUT2D eigenvalue weighted by Crippen LogP contribution is -2.30. The largest absolute Gasteiger partial charge is 0.352 e. The lowest BCUT2D eigenvalue weighted by Gasteiger charge is -2.08. The standard InChI is InChI=1S/C14H21N3O2/c1-10(18)13(16)3-2-8-17-14(19)12-6-4-11(9-15)5-7-12/h4-7,13H,2-3,8-9,15-16H2,1H3,(H,17,19). The summed E-state index contributed by atoms with van der Waals surface area (Å²) in [5, 5.41) is 2.79. The molecule has 0 fully saturated rings. The second-order valence-corrected chi connectivity index (χ2v) is 4.52. The lowest BCUT2D eigenvalue weighted by molar-refractivity contribution is -0.118. The molecule has 0 spiro atoms. The Hall–Kier alpha value is -1.72. The summed E-state index contributed by atoms with van der Waals surface area (Å²) in [5.41, 5.74) is 12.7. The molecular weight excluding hydrogens is 242 g/mol. The molecule has 5 heteroatoms. The van der Waals surface area contributed by atoms with Crippen molar-refractivity contribution in [2.45, 2.75) is 32.4 Å². The van der Waals surface area contributed by atoms with Crippen molar-refractivity contribution in [1.82, 2.24) is 5.32 Å². The summed E-state index contributed by atoms with van der Waals surface area (Å²) in [4.78, 5) is 22.7. The second kappa shape index (κ2) is 7.66. The van der Waals surface area contributed by atoms with Crippen molar-refractivity contribution in [2.24, 2.45) is 11.5 Å². The SMILES string of the molecule is CC(=O)C(N)CCCNC(=O)c1ccc(CN)cc1. The predicted octanol–water partition coefficient (Wildman–Crippen LogP) is 0.572. The van der Waals surface area contributed by atoms with E-state index in [0.29, 0.717) is 31.5 Å². The number of hydrogen-bond donors (Lipinski definition) is 3. The Morgan fingerprint density at radius 3 is 2.42 bits per heavy atom. The molecule has 5 N–H and O–H groups in total. The number of benzene rings is 1. The minimum atomic E-state index is -0.430. The first-order valence-electron chi connectivity index (χ1n) is 6.38. The van der Waals surface area contributed by atoms with Gasteiger partial charge in [-0.15, -0.1) is 0 Å². The Morgan fingerprint density at radius 2 is 1.89 bits per heavy atom. The highest BCUT2D eigenvalue weighted by atomic mass is 16.1. The van der Waals surface area contributed by atoms with Gasteiger partial charge in [0.1, 0.15) is 5.78 Å². The molecule has 1 aromatic rings. The average Bonchev–Trinajstić information content (AvgIpc) is 2.43. The molecule has 0 saturated carbocycles. The molecule has 5 nitrogen and oxygen atoms in total. The number of nitrogens with one attached hydrogen (secondary N) is 1. The van der Waals surface area contributed by atoms with E-state index in [1.165, 1.54) is 6.92 Å². The number of amides is 1. The van der Waals surface area contributed by atoms with Gasteiger partial charge < -0.3 is 16.8 Å². The summed E-state index contributed by atoms with van der Waals surface area (Å²) in [7, 11) is 0. The van der Waals surface area contributed by atoms with Gasteiger partial charge in [0.15, 0.2) is 0 Å². The van der Waals surface area contributed by atoms with Crippen molar-refractivity contribution in [2.75, 3.05) is 6.54 Å². The number of ketones is 1. The first-order chi connectivity index (χ1) is 9.04. The van der Waals surface area contributed by atoms with Crippen molar-refractivity contribution in [3.05, 3.63) is 35.4 Å². The molecule has 1 aromatic carbocycles. The fourth-order valence-electron chi connectivity index (χ4n) is 1.62. The molecule has 1 rings (SSSR count). The van der Waals surface area contributed by atoms with Crippen LogP contribution in [0.4, 0.5) is 0 Å². The Labute approximate surface area is 113 Å². The highest BCUT2D eigenvalue weighted by molar-refractivity contribution is 5.94. The van der Waals surface area contributed by atoms with Gasteiger partial charge in [-0.3, -0.25) is 9.59 Å². The van der Waals surface area contributed by atoms with Crippen molar-refractivity contribution >= 4 is 11.7 Å². The van der Waals surface area contributed by atoms with Crippen LogP contribution in [-0.4, -0.2) is 24.3 Å². The molecule has 1 unspecified atom stereocenters. The Balaban J connectivity index is 2.32. The van der Waals surface area contributed by atoms with Gasteiger partial charge in [0, 0.05) is 18.7 Å². The molecule has 0 bridgehead atoms. The molecule has 104 valence electrons. The molecule has 0 aromatic heterocycles. The zero-order valence-corrected chi connectivity index (χ0v) is 11.2. The van der Waals surface area contributed by atoms with Gasteiger partial charge in [-0.2, -0.15) is 0 Å². The van der Waals surface area contributed by atoms with Crippen LogP contribution in [0.3, 0.4) is 0 Å². The Bertz CT molecular complexity index is 429. The zero-order valence-electron chi connectivity index (χ0n) is 11.2. The quantitative estimate of drug-likeness (QED) is 0.626. The third-order valence-corrected chi connectivity index (χ3v) is 2.95. The predicted molar refractivity (Wildman–Crippen MR) is 74.6 cm³/mol. The minimum Gasteiger partial charge on any atom is -0.352 e. The molecular formula is C14H21N3O2. The summed E-state index contributed by atoms with van der Waals surface area (Å²) >= 11 is 0. The number of Topliss-reactive ketones (excluding diaryl/α,β-unsaturated/α-hetero) is 1. The van der Waals surface area contributed by atoms with Crippen LogP contribution in [-0.2, 0) is 11.3 Å². The second-order valence-electron chi connectivity index (χ2n) is 4.52. The normalized spacial score (nSPS) is 11.9. The van der Waals surface area contributed by atoms with E-state index >= 15 is 0 Å². The van der Waals surface area contributed by atoms with Gasteiger partial charge in [-0.25, -0.2) is 0 Å². The maximum Gasteiger partial charge on any atom is 0.251 e. The number of carbonyl (C=O) groups is 2. The highest BCUT2D eigenvalue weighted by Crippen LogP contribution is 2.03. The van der Waals surface area contributed by atoms with Gasteiger partial charge in [-0.05, 0) is 37.5 Å². The maximum atomic E-state index is 11.8. The molecule has 0 aliphatic carbocycles. The molecule has 1 atom stereocenters. The summed E-state index contributed by atoms with van der Waals surface area (Å²) in [6.45, 7) is 2.45. The van der Waals surface area contributed by atoms with Crippen LogP contribution in [0.15, 0.2) is 24.3 Å². The summed E-state index contributed by atoms with van der Waals surface area (Å²) in [5.74, 6) is -0.149. The van der Waals surface area contributed by atoms with Crippen LogP contribution >= 0.6 is 0 Å². The number of hydrogen-bond acceptors (Lipinski definition) is 4. The van der Waals surface area contributed by atoms with E-state index < -0.39 is 6.04 Å². The van der Waals surface area contributed by atoms with E-state index in [1.54, 1.807) is 12.1 Å². The van der Waals surface area contributed by atoms with Crippen LogP contribution in [0.2, 0.25) is 0 Å². The summed E-state index contributed by atoms with van der Waals surface area (Å²) < 4.78 is 0. The molecule has 0 aliphatic rings. The van der Waals surface area contributed by atoms with Gasteiger partial charge in [0.05, 0.1) is 6.04 Å². The average molecular weight is 263 g/mol. The Morgan fingerprint density at radius 1 is 1.26 bits per heavy atom. The van der Waals surface area contributed by atoms with Gasteiger partial charge in [-0.1, -0.05) is 12.1 Å². The number of carbonyl (C=O) groups excluding carboxylic acids is 2. The fraction of sp³-hybridized carbons (Fsp3) is 0.429. The summed E-state index contributed by atoms with van der Waals surface area (Å²) in [6.07, 6.45) is 1.27. The number of rotatable bonds is 7. The van der Waals surface area contributed by atoms with E-state index in [1.807, 2.05) is 12.1 Å². The van der Waals surface area contributed by atoms with Crippen molar-refractivity contribution in [3.63, 3.8) is 0 Å². The summed E-state index contributed by atoms with van der Waals surface area (Å²) in [6, 6.07) is 6.74. The zero-order chi connectivity index (χ0) is 14.3. The first-order valence-corrected chi connectivity index (χ1v) is 6.38. The molecule has 0 heterocycles. The molecule has 19 heavy (non-hydrogen) atoms. The molecule has 0 saturated heterocycles. The van der Waals surface area contributed by atoms with Crippen molar-refractivity contribution in [3.8, 4) is 0 Å². The monoisotopic (exact) mass is 263 g/mol. The van der Waals surface area contributed by atoms with Gasteiger partial charge in [0.2, 0.25) is 0 Å². The topological polar surface area (TPSA) is 98.2 Å². The molecule has 0 radical (unpaired) electrons. The smallest absolute Gasteiger partial charge is 0.251 e. The van der Waals surface area contributed by atoms with Crippen molar-refractivity contribution in [1.29, 1.82) is 0 Å². The highest BCUT2D eigenvalue weighted by Gasteiger charge is 2.08. The Kier molecular flexibility index (Phi) is 6.18. The van der Waals surface area contributed by atoms with Crippen LogP contribution in [0.1, 0.15) is 35.7 Å². The van der Waals surface area contributed by atoms with Gasteiger partial charge >= 0.3 is 0 Å². The van der Waals surface area contributed by atoms with Crippen LogP contribution in [0.5, 0.6) is 0 Å². The van der Waals surface area contributed by atoms with Crippen LogP contribution < -0.4 is 16.8 Å². The van der Waals surface area contributed by atoms with E-state index in [-0.39, 0.29) is 11.7 Å². The van der Waals surface area contributed by atoms with E-state index in [0.717, 1.165) is 5.56 Å². The molecule has 1 amide bonds. The van der Waals surface area contributed by atoms with Crippen LogP contribution in [0.25, 0.3) is 0 Å².